The molecule has 1 aromatic heterocycles. The van der Waals surface area contributed by atoms with Gasteiger partial charge in [0.15, 0.2) is 0 Å². The van der Waals surface area contributed by atoms with E-state index in [4.69, 9.17) is 0 Å². The maximum atomic E-state index is 12.2. The van der Waals surface area contributed by atoms with Gasteiger partial charge in [0.1, 0.15) is 5.82 Å². The van der Waals surface area contributed by atoms with Gasteiger partial charge in [0.25, 0.3) is 5.91 Å². The molecule has 23 heavy (non-hydrogen) atoms. The van der Waals surface area contributed by atoms with Gasteiger partial charge in [-0.05, 0) is 45.2 Å². The summed E-state index contributed by atoms with van der Waals surface area (Å²) in [5.74, 6) is 0.571. The minimum Gasteiger partial charge on any atom is -0.367 e. The average molecular weight is 318 g/mol. The lowest BCUT2D eigenvalue weighted by Crippen LogP contribution is -2.40. The Kier molecular flexibility index (Phi) is 5.96. The fraction of sp³-hybridized carbons (Fsp3) is 0.588. The molecule has 1 fully saturated rings. The van der Waals surface area contributed by atoms with Gasteiger partial charge in [0.05, 0.1) is 5.56 Å². The minimum absolute atomic E-state index is 0.0239. The SMILES string of the molecule is CNC(=O)c1cccnc1N[C@H]1CCC[C@@H](C(=O)NC(C)C)C1. The van der Waals surface area contributed by atoms with Crippen LogP contribution in [0.4, 0.5) is 5.82 Å². The molecule has 6 nitrogen and oxygen atoms in total. The van der Waals surface area contributed by atoms with Crippen LogP contribution < -0.4 is 16.0 Å². The Labute approximate surface area is 137 Å². The standard InChI is InChI=1S/C17H26N4O2/c1-11(2)20-16(22)12-6-4-7-13(10-12)21-15-14(17(23)18-3)8-5-9-19-15/h5,8-9,11-13H,4,6-7,10H2,1-3H3,(H,18,23)(H,19,21)(H,20,22)/t12-,13+/m1/s1. The lowest BCUT2D eigenvalue weighted by Gasteiger charge is -2.30. The van der Waals surface area contributed by atoms with E-state index in [1.807, 2.05) is 13.8 Å². The number of rotatable bonds is 5. The van der Waals surface area contributed by atoms with Gasteiger partial charge in [-0.1, -0.05) is 6.42 Å². The minimum atomic E-state index is -0.162. The zero-order chi connectivity index (χ0) is 16.8. The Morgan fingerprint density at radius 2 is 2.09 bits per heavy atom. The number of anilines is 1. The normalized spacial score (nSPS) is 20.9. The van der Waals surface area contributed by atoms with Gasteiger partial charge in [0, 0.05) is 31.2 Å². The molecule has 0 saturated heterocycles. The first-order valence-electron chi connectivity index (χ1n) is 8.25. The van der Waals surface area contributed by atoms with Gasteiger partial charge in [-0.3, -0.25) is 9.59 Å². The van der Waals surface area contributed by atoms with Gasteiger partial charge in [-0.25, -0.2) is 4.98 Å². The Morgan fingerprint density at radius 3 is 2.78 bits per heavy atom. The highest BCUT2D eigenvalue weighted by Gasteiger charge is 2.28. The lowest BCUT2D eigenvalue weighted by atomic mass is 9.85. The van der Waals surface area contributed by atoms with E-state index in [1.165, 1.54) is 0 Å². The van der Waals surface area contributed by atoms with E-state index in [1.54, 1.807) is 25.4 Å². The molecule has 2 rings (SSSR count). The maximum absolute atomic E-state index is 12.2. The van der Waals surface area contributed by atoms with E-state index in [-0.39, 0.29) is 29.8 Å². The van der Waals surface area contributed by atoms with Crippen molar-refractivity contribution in [3.8, 4) is 0 Å². The summed E-state index contributed by atoms with van der Waals surface area (Å²) in [6.07, 6.45) is 5.33. The summed E-state index contributed by atoms with van der Waals surface area (Å²) < 4.78 is 0. The highest BCUT2D eigenvalue weighted by molar-refractivity contribution is 5.98. The molecule has 0 aliphatic heterocycles. The van der Waals surface area contributed by atoms with Crippen LogP contribution in [0.25, 0.3) is 0 Å². The van der Waals surface area contributed by atoms with Crippen molar-refractivity contribution in [2.24, 2.45) is 5.92 Å². The maximum Gasteiger partial charge on any atom is 0.254 e. The van der Waals surface area contributed by atoms with Crippen LogP contribution in [-0.4, -0.2) is 35.9 Å². The van der Waals surface area contributed by atoms with Crippen LogP contribution in [0.3, 0.4) is 0 Å². The van der Waals surface area contributed by atoms with E-state index >= 15 is 0 Å². The van der Waals surface area contributed by atoms with Crippen LogP contribution in [0.1, 0.15) is 49.9 Å². The molecular weight excluding hydrogens is 292 g/mol. The molecule has 3 N–H and O–H groups in total. The second kappa shape index (κ2) is 7.94. The fourth-order valence-corrected chi connectivity index (χ4v) is 2.99. The Hall–Kier alpha value is -2.11. The number of carbonyl (C=O) groups excluding carboxylic acids is 2. The number of amides is 2. The van der Waals surface area contributed by atoms with E-state index in [0.717, 1.165) is 25.7 Å². The first-order valence-corrected chi connectivity index (χ1v) is 8.25. The number of hydrogen-bond donors (Lipinski definition) is 3. The zero-order valence-electron chi connectivity index (χ0n) is 14.1. The summed E-state index contributed by atoms with van der Waals surface area (Å²) in [6.45, 7) is 3.94. The largest absolute Gasteiger partial charge is 0.367 e. The van der Waals surface area contributed by atoms with E-state index < -0.39 is 0 Å². The van der Waals surface area contributed by atoms with Gasteiger partial charge >= 0.3 is 0 Å². The molecule has 0 spiro atoms. The molecule has 2 amide bonds. The Balaban J connectivity index is 2.03. The molecule has 1 heterocycles. The van der Waals surface area contributed by atoms with Gasteiger partial charge in [0.2, 0.25) is 5.91 Å². The highest BCUT2D eigenvalue weighted by Crippen LogP contribution is 2.27. The summed E-state index contributed by atoms with van der Waals surface area (Å²) in [5.41, 5.74) is 0.531. The molecule has 1 aliphatic carbocycles. The van der Waals surface area contributed by atoms with Crippen LogP contribution in [0.15, 0.2) is 18.3 Å². The van der Waals surface area contributed by atoms with Gasteiger partial charge in [-0.2, -0.15) is 0 Å². The molecule has 0 radical (unpaired) electrons. The van der Waals surface area contributed by atoms with E-state index in [0.29, 0.717) is 11.4 Å². The van der Waals surface area contributed by atoms with Crippen molar-refractivity contribution in [2.75, 3.05) is 12.4 Å². The molecule has 2 atom stereocenters. The van der Waals surface area contributed by atoms with Crippen LogP contribution in [0.2, 0.25) is 0 Å². The molecule has 1 saturated carbocycles. The van der Waals surface area contributed by atoms with E-state index in [2.05, 4.69) is 20.9 Å². The molecule has 0 aromatic carbocycles. The Bertz CT molecular complexity index is 559. The highest BCUT2D eigenvalue weighted by atomic mass is 16.2. The lowest BCUT2D eigenvalue weighted by molar-refractivity contribution is -0.126. The van der Waals surface area contributed by atoms with Gasteiger partial charge < -0.3 is 16.0 Å². The number of hydrogen-bond acceptors (Lipinski definition) is 4. The molecule has 0 bridgehead atoms. The van der Waals surface area contributed by atoms with Crippen LogP contribution in [-0.2, 0) is 4.79 Å². The molecule has 1 aliphatic rings. The first kappa shape index (κ1) is 17.2. The second-order valence-corrected chi connectivity index (χ2v) is 6.35. The van der Waals surface area contributed by atoms with Crippen LogP contribution in [0.5, 0.6) is 0 Å². The Morgan fingerprint density at radius 1 is 1.30 bits per heavy atom. The third kappa shape index (κ3) is 4.68. The summed E-state index contributed by atoms with van der Waals surface area (Å²) in [4.78, 5) is 28.4. The number of pyridine rings is 1. The summed E-state index contributed by atoms with van der Waals surface area (Å²) in [7, 11) is 1.60. The molecular formula is C17H26N4O2. The summed E-state index contributed by atoms with van der Waals surface area (Å²) in [6, 6.07) is 3.81. The third-order valence-corrected chi connectivity index (χ3v) is 4.10. The first-order chi connectivity index (χ1) is 11.0. The van der Waals surface area contributed by atoms with Crippen molar-refractivity contribution in [3.05, 3.63) is 23.9 Å². The predicted molar refractivity (Wildman–Crippen MR) is 90.3 cm³/mol. The summed E-state index contributed by atoms with van der Waals surface area (Å²) >= 11 is 0. The number of carbonyl (C=O) groups is 2. The van der Waals surface area contributed by atoms with Crippen molar-refractivity contribution in [3.63, 3.8) is 0 Å². The zero-order valence-corrected chi connectivity index (χ0v) is 14.1. The van der Waals surface area contributed by atoms with Crippen molar-refractivity contribution in [1.82, 2.24) is 15.6 Å². The topological polar surface area (TPSA) is 83.1 Å². The summed E-state index contributed by atoms with van der Waals surface area (Å²) in [5, 5.41) is 8.96. The van der Waals surface area contributed by atoms with Crippen molar-refractivity contribution in [1.29, 1.82) is 0 Å². The number of nitrogens with zero attached hydrogens (tertiary/aromatic N) is 1. The third-order valence-electron chi connectivity index (χ3n) is 4.10. The monoisotopic (exact) mass is 318 g/mol. The van der Waals surface area contributed by atoms with Crippen molar-refractivity contribution < 1.29 is 9.59 Å². The number of aromatic nitrogens is 1. The van der Waals surface area contributed by atoms with Crippen molar-refractivity contribution in [2.45, 2.75) is 51.6 Å². The van der Waals surface area contributed by atoms with Crippen LogP contribution >= 0.6 is 0 Å². The average Bonchev–Trinajstić information content (AvgIpc) is 2.54. The fourth-order valence-electron chi connectivity index (χ4n) is 2.99. The second-order valence-electron chi connectivity index (χ2n) is 6.35. The molecule has 6 heteroatoms. The smallest absolute Gasteiger partial charge is 0.254 e. The predicted octanol–water partition coefficient (Wildman–Crippen LogP) is 1.94. The van der Waals surface area contributed by atoms with Gasteiger partial charge in [-0.15, -0.1) is 0 Å². The molecule has 126 valence electrons. The molecule has 1 aromatic rings. The van der Waals surface area contributed by atoms with E-state index in [9.17, 15) is 9.59 Å². The quantitative estimate of drug-likeness (QED) is 0.775. The molecule has 0 unspecified atom stereocenters. The number of nitrogens with one attached hydrogen (secondary N) is 3. The van der Waals surface area contributed by atoms with Crippen molar-refractivity contribution >= 4 is 17.6 Å². The van der Waals surface area contributed by atoms with Crippen LogP contribution in [0, 0.1) is 5.92 Å².